The van der Waals surface area contributed by atoms with Crippen LogP contribution in [0.15, 0.2) is 85.1 Å². The van der Waals surface area contributed by atoms with Gasteiger partial charge < -0.3 is 9.80 Å². The van der Waals surface area contributed by atoms with Gasteiger partial charge in [-0.15, -0.1) is 0 Å². The summed E-state index contributed by atoms with van der Waals surface area (Å²) in [5.74, 6) is -0.344. The van der Waals surface area contributed by atoms with Gasteiger partial charge in [0.1, 0.15) is 5.69 Å². The molecule has 1 aliphatic rings. The van der Waals surface area contributed by atoms with Crippen molar-refractivity contribution in [2.45, 2.75) is 5.92 Å². The molecule has 0 spiro atoms. The van der Waals surface area contributed by atoms with Gasteiger partial charge in [-0.1, -0.05) is 66.7 Å². The van der Waals surface area contributed by atoms with Crippen molar-refractivity contribution in [3.63, 3.8) is 0 Å². The van der Waals surface area contributed by atoms with E-state index in [2.05, 4.69) is 4.98 Å². The molecule has 1 fully saturated rings. The molecule has 29 heavy (non-hydrogen) atoms. The molecule has 0 unspecified atom stereocenters. The van der Waals surface area contributed by atoms with E-state index in [1.807, 2.05) is 71.6 Å². The molecule has 5 heteroatoms. The molecule has 2 amide bonds. The van der Waals surface area contributed by atoms with Gasteiger partial charge in [-0.2, -0.15) is 0 Å². The molecule has 0 N–H and O–H groups in total. The molecule has 0 saturated carbocycles. The summed E-state index contributed by atoms with van der Waals surface area (Å²) >= 11 is 0. The predicted octanol–water partition coefficient (Wildman–Crippen LogP) is 3.20. The van der Waals surface area contributed by atoms with Crippen LogP contribution < -0.4 is 0 Å². The first-order valence-electron chi connectivity index (χ1n) is 9.83. The zero-order valence-corrected chi connectivity index (χ0v) is 16.1. The van der Waals surface area contributed by atoms with E-state index in [1.165, 1.54) is 0 Å². The molecule has 0 bridgehead atoms. The first kappa shape index (κ1) is 18.9. The lowest BCUT2D eigenvalue weighted by atomic mass is 9.90. The van der Waals surface area contributed by atoms with E-state index in [-0.39, 0.29) is 17.7 Å². The molecule has 2 heterocycles. The second kappa shape index (κ2) is 8.69. The van der Waals surface area contributed by atoms with Gasteiger partial charge in [-0.05, 0) is 23.3 Å². The minimum Gasteiger partial charge on any atom is -0.338 e. The average molecular weight is 385 g/mol. The van der Waals surface area contributed by atoms with Gasteiger partial charge in [-0.3, -0.25) is 14.6 Å². The van der Waals surface area contributed by atoms with Gasteiger partial charge in [0.05, 0.1) is 5.92 Å². The summed E-state index contributed by atoms with van der Waals surface area (Å²) in [6.07, 6.45) is 1.62. The van der Waals surface area contributed by atoms with Crippen molar-refractivity contribution in [3.8, 4) is 0 Å². The topological polar surface area (TPSA) is 53.5 Å². The predicted molar refractivity (Wildman–Crippen MR) is 111 cm³/mol. The van der Waals surface area contributed by atoms with Crippen molar-refractivity contribution < 1.29 is 9.59 Å². The van der Waals surface area contributed by atoms with Crippen molar-refractivity contribution in [2.75, 3.05) is 26.2 Å². The third-order valence-electron chi connectivity index (χ3n) is 5.28. The Morgan fingerprint density at radius 3 is 1.72 bits per heavy atom. The number of piperazine rings is 1. The number of hydrogen-bond donors (Lipinski definition) is 0. The van der Waals surface area contributed by atoms with Gasteiger partial charge in [-0.25, -0.2) is 0 Å². The number of aromatic nitrogens is 1. The van der Waals surface area contributed by atoms with E-state index in [9.17, 15) is 9.59 Å². The summed E-state index contributed by atoms with van der Waals surface area (Å²) in [4.78, 5) is 33.9. The lowest BCUT2D eigenvalue weighted by molar-refractivity contribution is -0.133. The number of nitrogens with zero attached hydrogens (tertiary/aromatic N) is 3. The summed E-state index contributed by atoms with van der Waals surface area (Å²) in [7, 11) is 0. The third-order valence-corrected chi connectivity index (χ3v) is 5.28. The Balaban J connectivity index is 1.49. The number of benzene rings is 2. The minimum atomic E-state index is -0.338. The van der Waals surface area contributed by atoms with E-state index in [4.69, 9.17) is 0 Å². The fraction of sp³-hybridized carbons (Fsp3) is 0.208. The standard InChI is InChI=1S/C24H23N3O2/c28-23(21-13-7-8-14-25-21)26-15-17-27(18-16-26)24(29)22(19-9-3-1-4-10-19)20-11-5-2-6-12-20/h1-14,22H,15-18H2. The molecular formula is C24H23N3O2. The smallest absolute Gasteiger partial charge is 0.272 e. The fourth-order valence-corrected chi connectivity index (χ4v) is 3.73. The van der Waals surface area contributed by atoms with Crippen molar-refractivity contribution in [1.29, 1.82) is 0 Å². The van der Waals surface area contributed by atoms with Gasteiger partial charge in [0.15, 0.2) is 0 Å². The number of pyridine rings is 1. The largest absolute Gasteiger partial charge is 0.338 e. The highest BCUT2D eigenvalue weighted by Crippen LogP contribution is 2.27. The van der Waals surface area contributed by atoms with Crippen molar-refractivity contribution in [1.82, 2.24) is 14.8 Å². The van der Waals surface area contributed by atoms with Crippen molar-refractivity contribution in [2.24, 2.45) is 0 Å². The highest BCUT2D eigenvalue weighted by atomic mass is 16.2. The van der Waals surface area contributed by atoms with E-state index < -0.39 is 0 Å². The summed E-state index contributed by atoms with van der Waals surface area (Å²) in [6, 6.07) is 25.1. The number of rotatable bonds is 4. The molecule has 1 saturated heterocycles. The summed E-state index contributed by atoms with van der Waals surface area (Å²) < 4.78 is 0. The van der Waals surface area contributed by atoms with Crippen molar-refractivity contribution in [3.05, 3.63) is 102 Å². The number of carbonyl (C=O) groups is 2. The molecule has 0 radical (unpaired) electrons. The second-order valence-corrected chi connectivity index (χ2v) is 7.09. The van der Waals surface area contributed by atoms with Crippen LogP contribution in [0.1, 0.15) is 27.5 Å². The Morgan fingerprint density at radius 2 is 1.21 bits per heavy atom. The van der Waals surface area contributed by atoms with E-state index in [0.717, 1.165) is 11.1 Å². The molecule has 1 aromatic heterocycles. The van der Waals surface area contributed by atoms with Crippen LogP contribution in [0.4, 0.5) is 0 Å². The minimum absolute atomic E-state index is 0.0762. The first-order valence-corrected chi connectivity index (χ1v) is 9.83. The molecule has 1 aliphatic heterocycles. The second-order valence-electron chi connectivity index (χ2n) is 7.09. The third kappa shape index (κ3) is 4.19. The molecule has 2 aromatic carbocycles. The molecule has 4 rings (SSSR count). The Hall–Kier alpha value is -3.47. The highest BCUT2D eigenvalue weighted by Gasteiger charge is 2.31. The summed E-state index contributed by atoms with van der Waals surface area (Å²) in [5, 5.41) is 0. The quantitative estimate of drug-likeness (QED) is 0.693. The highest BCUT2D eigenvalue weighted by molar-refractivity contribution is 5.92. The summed E-state index contributed by atoms with van der Waals surface area (Å²) in [6.45, 7) is 2.07. The van der Waals surface area contributed by atoms with E-state index >= 15 is 0 Å². The van der Waals surface area contributed by atoms with Gasteiger partial charge >= 0.3 is 0 Å². The van der Waals surface area contributed by atoms with Gasteiger partial charge in [0.2, 0.25) is 5.91 Å². The molecule has 3 aromatic rings. The fourth-order valence-electron chi connectivity index (χ4n) is 3.73. The lowest BCUT2D eigenvalue weighted by Gasteiger charge is -2.36. The maximum atomic E-state index is 13.5. The normalized spacial score (nSPS) is 14.1. The monoisotopic (exact) mass is 385 g/mol. The Kier molecular flexibility index (Phi) is 5.66. The molecule has 146 valence electrons. The van der Waals surface area contributed by atoms with Crippen LogP contribution in [-0.4, -0.2) is 52.8 Å². The molecule has 0 atom stereocenters. The Morgan fingerprint density at radius 1 is 0.690 bits per heavy atom. The molecule has 0 aliphatic carbocycles. The van der Waals surface area contributed by atoms with Crippen LogP contribution >= 0.6 is 0 Å². The van der Waals surface area contributed by atoms with Crippen LogP contribution in [-0.2, 0) is 4.79 Å². The van der Waals surface area contributed by atoms with Crippen LogP contribution in [0.25, 0.3) is 0 Å². The van der Waals surface area contributed by atoms with Crippen LogP contribution in [0.2, 0.25) is 0 Å². The Labute approximate surface area is 170 Å². The average Bonchev–Trinajstić information content (AvgIpc) is 2.81. The van der Waals surface area contributed by atoms with Gasteiger partial charge in [0, 0.05) is 32.4 Å². The Bertz CT molecular complexity index is 914. The maximum Gasteiger partial charge on any atom is 0.272 e. The van der Waals surface area contributed by atoms with Gasteiger partial charge in [0.25, 0.3) is 5.91 Å². The van der Waals surface area contributed by atoms with E-state index in [1.54, 1.807) is 23.2 Å². The maximum absolute atomic E-state index is 13.5. The SMILES string of the molecule is O=C(c1ccccn1)N1CCN(C(=O)C(c2ccccc2)c2ccccc2)CC1. The zero-order valence-electron chi connectivity index (χ0n) is 16.1. The zero-order chi connectivity index (χ0) is 20.1. The van der Waals surface area contributed by atoms with Crippen molar-refractivity contribution >= 4 is 11.8 Å². The first-order chi connectivity index (χ1) is 14.2. The van der Waals surface area contributed by atoms with Crippen LogP contribution in [0.3, 0.4) is 0 Å². The van der Waals surface area contributed by atoms with E-state index in [0.29, 0.717) is 31.9 Å². The molecular weight excluding hydrogens is 362 g/mol. The number of hydrogen-bond acceptors (Lipinski definition) is 3. The lowest BCUT2D eigenvalue weighted by Crippen LogP contribution is -2.51. The summed E-state index contributed by atoms with van der Waals surface area (Å²) in [5.41, 5.74) is 2.41. The number of carbonyl (C=O) groups excluding carboxylic acids is 2. The van der Waals surface area contributed by atoms with Crippen LogP contribution in [0.5, 0.6) is 0 Å². The van der Waals surface area contributed by atoms with Crippen LogP contribution in [0, 0.1) is 0 Å². The number of amides is 2. The molecule has 5 nitrogen and oxygen atoms in total.